The van der Waals surface area contributed by atoms with E-state index in [1.165, 1.54) is 0 Å². The van der Waals surface area contributed by atoms with Crippen molar-refractivity contribution < 1.29 is 9.90 Å². The van der Waals surface area contributed by atoms with Crippen LogP contribution in [0.2, 0.25) is 0 Å². The van der Waals surface area contributed by atoms with E-state index in [1.807, 2.05) is 30.5 Å². The average molecular weight is 309 g/mol. The van der Waals surface area contributed by atoms with Crippen molar-refractivity contribution in [3.05, 3.63) is 66.1 Å². The van der Waals surface area contributed by atoms with Crippen molar-refractivity contribution in [1.29, 1.82) is 0 Å². The number of nitrogens with zero attached hydrogens (tertiary/aromatic N) is 2. The van der Waals surface area contributed by atoms with Gasteiger partial charge in [-0.05, 0) is 30.7 Å². The largest absolute Gasteiger partial charge is 0.506 e. The summed E-state index contributed by atoms with van der Waals surface area (Å²) in [5.74, 6) is -0.182. The first-order valence-electron chi connectivity index (χ1n) is 7.36. The Labute approximate surface area is 135 Å². The molecule has 3 aromatic rings. The normalized spacial score (nSPS) is 9.83. The number of phenolic OH excluding ortho intramolecular Hbond substituents is 1. The van der Waals surface area contributed by atoms with Crippen molar-refractivity contribution in [3.8, 4) is 5.75 Å². The first-order valence-corrected chi connectivity index (χ1v) is 7.36. The molecule has 1 amide bonds. The Bertz CT molecular complexity index is 789. The van der Waals surface area contributed by atoms with Crippen molar-refractivity contribution in [2.45, 2.75) is 13.3 Å². The molecule has 0 unspecified atom stereocenters. The van der Waals surface area contributed by atoms with E-state index in [0.717, 1.165) is 17.5 Å². The maximum Gasteiger partial charge on any atom is 0.269 e. The van der Waals surface area contributed by atoms with Gasteiger partial charge >= 0.3 is 0 Å². The highest BCUT2D eigenvalue weighted by atomic mass is 16.3. The third-order valence-electron chi connectivity index (χ3n) is 3.25. The van der Waals surface area contributed by atoms with Crippen LogP contribution in [0.4, 0.5) is 0 Å². The number of para-hydroxylation sites is 1. The molecule has 0 aliphatic heterocycles. The number of amides is 1. The summed E-state index contributed by atoms with van der Waals surface area (Å²) in [5.41, 5.74) is 1.90. The molecule has 1 aromatic carbocycles. The highest BCUT2D eigenvalue weighted by molar-refractivity contribution is 5.95. The monoisotopic (exact) mass is 309 g/mol. The molecule has 0 saturated carbocycles. The van der Waals surface area contributed by atoms with E-state index in [-0.39, 0.29) is 11.7 Å². The summed E-state index contributed by atoms with van der Waals surface area (Å²) in [6, 6.07) is 14.5. The number of hydrogen-bond donors (Lipinski definition) is 2. The molecule has 0 aliphatic rings. The minimum absolute atomic E-state index is 0.0817. The Kier molecular flexibility index (Phi) is 5.63. The number of nitrogens with one attached hydrogen (secondary N) is 1. The van der Waals surface area contributed by atoms with Crippen molar-refractivity contribution in [2.75, 3.05) is 7.05 Å². The first-order chi connectivity index (χ1) is 11.2. The number of carbonyl (C=O) groups excluding carboxylic acids is 1. The van der Waals surface area contributed by atoms with Crippen LogP contribution in [0.5, 0.6) is 5.75 Å². The molecular weight excluding hydrogens is 290 g/mol. The highest BCUT2D eigenvalue weighted by Gasteiger charge is 2.07. The van der Waals surface area contributed by atoms with E-state index in [0.29, 0.717) is 11.2 Å². The number of aryl methyl sites for hydroxylation is 1. The standard InChI is InChI=1S/C11H10N2O2.C7H9N/c1-12-11(15)8-6-5-7-3-2-4-9(14)10(7)13-8;1-2-7-5-3-4-6-8-7/h2-6,14H,1H3,(H,12,15);3-6H,2H2,1H3. The van der Waals surface area contributed by atoms with Crippen LogP contribution in [0.3, 0.4) is 0 Å². The van der Waals surface area contributed by atoms with Gasteiger partial charge in [0.2, 0.25) is 0 Å². The zero-order chi connectivity index (χ0) is 16.7. The Morgan fingerprint density at radius 1 is 1.13 bits per heavy atom. The molecule has 0 fully saturated rings. The number of hydrogen-bond acceptors (Lipinski definition) is 4. The van der Waals surface area contributed by atoms with Gasteiger partial charge in [-0.15, -0.1) is 0 Å². The third kappa shape index (κ3) is 4.26. The molecule has 2 heterocycles. The number of rotatable bonds is 2. The van der Waals surface area contributed by atoms with Gasteiger partial charge in [-0.3, -0.25) is 9.78 Å². The van der Waals surface area contributed by atoms with E-state index >= 15 is 0 Å². The lowest BCUT2D eigenvalue weighted by molar-refractivity contribution is 0.0958. The fraction of sp³-hybridized carbons (Fsp3) is 0.167. The van der Waals surface area contributed by atoms with E-state index in [9.17, 15) is 9.90 Å². The minimum atomic E-state index is -0.264. The van der Waals surface area contributed by atoms with Gasteiger partial charge in [-0.25, -0.2) is 4.98 Å². The smallest absolute Gasteiger partial charge is 0.269 e. The molecular formula is C18H19N3O2. The second kappa shape index (κ2) is 7.89. The average Bonchev–Trinajstić information content (AvgIpc) is 2.62. The molecule has 23 heavy (non-hydrogen) atoms. The quantitative estimate of drug-likeness (QED) is 0.763. The molecule has 0 aliphatic carbocycles. The molecule has 0 spiro atoms. The summed E-state index contributed by atoms with van der Waals surface area (Å²) in [5, 5.41) is 12.8. The topological polar surface area (TPSA) is 75.1 Å². The first kappa shape index (κ1) is 16.4. The van der Waals surface area contributed by atoms with Crippen molar-refractivity contribution >= 4 is 16.8 Å². The SMILES string of the molecule is CCc1ccccn1.CNC(=O)c1ccc2cccc(O)c2n1. The maximum atomic E-state index is 11.3. The van der Waals surface area contributed by atoms with Crippen LogP contribution in [0, 0.1) is 0 Å². The van der Waals surface area contributed by atoms with Crippen molar-refractivity contribution in [1.82, 2.24) is 15.3 Å². The molecule has 0 saturated heterocycles. The van der Waals surface area contributed by atoms with Gasteiger partial charge in [0, 0.05) is 24.3 Å². The summed E-state index contributed by atoms with van der Waals surface area (Å²) in [6.45, 7) is 2.10. The Balaban J connectivity index is 0.000000203. The predicted octanol–water partition coefficient (Wildman–Crippen LogP) is 2.94. The molecule has 5 heteroatoms. The summed E-state index contributed by atoms with van der Waals surface area (Å²) in [6.07, 6.45) is 2.85. The molecule has 118 valence electrons. The van der Waals surface area contributed by atoms with E-state index in [2.05, 4.69) is 22.2 Å². The Morgan fingerprint density at radius 3 is 2.57 bits per heavy atom. The van der Waals surface area contributed by atoms with Crippen molar-refractivity contribution in [3.63, 3.8) is 0 Å². The number of benzene rings is 1. The highest BCUT2D eigenvalue weighted by Crippen LogP contribution is 2.22. The Hall–Kier alpha value is -2.95. The predicted molar refractivity (Wildman–Crippen MR) is 90.4 cm³/mol. The van der Waals surface area contributed by atoms with Crippen LogP contribution in [0.15, 0.2) is 54.7 Å². The number of phenols is 1. The molecule has 0 bridgehead atoms. The third-order valence-corrected chi connectivity index (χ3v) is 3.25. The lowest BCUT2D eigenvalue weighted by Gasteiger charge is -2.02. The zero-order valence-electron chi connectivity index (χ0n) is 13.2. The van der Waals surface area contributed by atoms with Crippen LogP contribution in [0.1, 0.15) is 23.1 Å². The van der Waals surface area contributed by atoms with E-state index < -0.39 is 0 Å². The summed E-state index contributed by atoms with van der Waals surface area (Å²) >= 11 is 0. The number of aromatic hydroxyl groups is 1. The minimum Gasteiger partial charge on any atom is -0.506 e. The van der Waals surface area contributed by atoms with E-state index in [4.69, 9.17) is 0 Å². The van der Waals surface area contributed by atoms with Gasteiger partial charge in [0.1, 0.15) is 17.0 Å². The van der Waals surface area contributed by atoms with Crippen LogP contribution in [-0.4, -0.2) is 28.0 Å². The molecule has 2 aromatic heterocycles. The number of pyridine rings is 2. The zero-order valence-corrected chi connectivity index (χ0v) is 13.2. The molecule has 2 N–H and O–H groups in total. The van der Waals surface area contributed by atoms with Gasteiger partial charge in [0.25, 0.3) is 5.91 Å². The summed E-state index contributed by atoms with van der Waals surface area (Å²) in [4.78, 5) is 19.5. The molecule has 5 nitrogen and oxygen atoms in total. The van der Waals surface area contributed by atoms with Gasteiger partial charge in [-0.1, -0.05) is 31.2 Å². The number of fused-ring (bicyclic) bond motifs is 1. The molecule has 0 atom stereocenters. The van der Waals surface area contributed by atoms with Crippen molar-refractivity contribution in [2.24, 2.45) is 0 Å². The maximum absolute atomic E-state index is 11.3. The van der Waals surface area contributed by atoms with E-state index in [1.54, 1.807) is 31.3 Å². The van der Waals surface area contributed by atoms with Gasteiger partial charge in [0.15, 0.2) is 0 Å². The van der Waals surface area contributed by atoms with Crippen LogP contribution < -0.4 is 5.32 Å². The molecule has 0 radical (unpaired) electrons. The second-order valence-electron chi connectivity index (χ2n) is 4.80. The fourth-order valence-corrected chi connectivity index (χ4v) is 1.99. The summed E-state index contributed by atoms with van der Waals surface area (Å²) < 4.78 is 0. The van der Waals surface area contributed by atoms with Gasteiger partial charge in [0.05, 0.1) is 0 Å². The second-order valence-corrected chi connectivity index (χ2v) is 4.80. The summed E-state index contributed by atoms with van der Waals surface area (Å²) in [7, 11) is 1.54. The lowest BCUT2D eigenvalue weighted by Crippen LogP contribution is -2.18. The van der Waals surface area contributed by atoms with Crippen LogP contribution in [-0.2, 0) is 6.42 Å². The van der Waals surface area contributed by atoms with Gasteiger partial charge in [-0.2, -0.15) is 0 Å². The fourth-order valence-electron chi connectivity index (χ4n) is 1.99. The number of aromatic nitrogens is 2. The lowest BCUT2D eigenvalue weighted by atomic mass is 10.2. The number of carbonyl (C=O) groups is 1. The Morgan fingerprint density at radius 2 is 1.96 bits per heavy atom. The molecule has 3 rings (SSSR count). The van der Waals surface area contributed by atoms with Gasteiger partial charge < -0.3 is 10.4 Å². The van der Waals surface area contributed by atoms with Crippen LogP contribution in [0.25, 0.3) is 10.9 Å². The van der Waals surface area contributed by atoms with Crippen LogP contribution >= 0.6 is 0 Å².